The van der Waals surface area contributed by atoms with Gasteiger partial charge in [-0.3, -0.25) is 19.2 Å². The van der Waals surface area contributed by atoms with E-state index >= 15 is 0 Å². The summed E-state index contributed by atoms with van der Waals surface area (Å²) in [6, 6.07) is 0. The van der Waals surface area contributed by atoms with Gasteiger partial charge in [0.05, 0.1) is 58.5 Å². The van der Waals surface area contributed by atoms with E-state index in [0.29, 0.717) is 91.2 Å². The number of ketones is 1. The van der Waals surface area contributed by atoms with Crippen molar-refractivity contribution in [2.24, 2.45) is 5.41 Å². The summed E-state index contributed by atoms with van der Waals surface area (Å²) in [5.74, 6) is 6.30. The molecule has 3 N–H and O–H groups in total. The van der Waals surface area contributed by atoms with Gasteiger partial charge in [-0.1, -0.05) is 38.5 Å². The number of hydrogen-bond donors (Lipinski definition) is 3. The first-order valence-corrected chi connectivity index (χ1v) is 23.3. The number of Topliss-reactive ketones (excluding diaryl/α,β-unsaturated/α-hetero) is 1. The SMILES string of the molecule is C#CCOCCOCCCC(=O)CCC(CCC(=O)NCCOCCOCC#C)(CCC(=O)NCCOCCOCC#C)NC(=O)C12CCC(OP(=O)([O-])C(C)(C)C)(CC1)CC2. The number of carbonyl (C=O) groups is 4. The fourth-order valence-corrected chi connectivity index (χ4v) is 8.35. The van der Waals surface area contributed by atoms with E-state index in [-0.39, 0.29) is 115 Å². The van der Waals surface area contributed by atoms with Crippen LogP contribution >= 0.6 is 7.60 Å². The summed E-state index contributed by atoms with van der Waals surface area (Å²) in [5, 5.41) is 7.93. The maximum Gasteiger partial charge on any atom is 0.226 e. The Bertz CT molecular complexity index is 1420. The largest absolute Gasteiger partial charge is 0.778 e. The lowest BCUT2D eigenvalue weighted by Crippen LogP contribution is -2.59. The highest BCUT2D eigenvalue weighted by Crippen LogP contribution is 2.62. The summed E-state index contributed by atoms with van der Waals surface area (Å²) < 4.78 is 51.2. The van der Waals surface area contributed by atoms with Gasteiger partial charge >= 0.3 is 0 Å². The average Bonchev–Trinajstić information content (AvgIpc) is 3.24. The smallest absolute Gasteiger partial charge is 0.226 e. The lowest BCUT2D eigenvalue weighted by atomic mass is 9.58. The molecule has 0 aromatic heterocycles. The molecule has 350 valence electrons. The van der Waals surface area contributed by atoms with E-state index in [2.05, 4.69) is 33.7 Å². The molecule has 0 saturated heterocycles. The highest BCUT2D eigenvalue weighted by Gasteiger charge is 2.55. The molecule has 0 aliphatic heterocycles. The summed E-state index contributed by atoms with van der Waals surface area (Å²) in [6.07, 6.45) is 19.3. The monoisotopic (exact) mass is 892 g/mol. The van der Waals surface area contributed by atoms with E-state index in [4.69, 9.17) is 52.2 Å². The number of ether oxygens (including phenoxy) is 6. The van der Waals surface area contributed by atoms with Crippen LogP contribution in [-0.2, 0) is 56.7 Å². The van der Waals surface area contributed by atoms with Gasteiger partial charge < -0.3 is 58.4 Å². The Morgan fingerprint density at radius 3 is 1.47 bits per heavy atom. The predicted octanol–water partition coefficient (Wildman–Crippen LogP) is 3.22. The standard InChI is InChI=1S/C45H72N3O13P/c1-7-26-55-32-35-58-29-10-11-38(49)12-15-44(16-13-39(50)46-24-30-59-36-33-56-27-8-2,17-14-40(51)47-25-31-60-37-34-57-28-9-3)48-41(52)43-18-21-45(22-19-43,23-20-43)61-62(53,54)42(4,5)6/h1-3H,10-37H2,4-6H3,(H,46,50)(H,47,51)(H,48,52)(H,53,54)/p-1. The van der Waals surface area contributed by atoms with E-state index < -0.39 is 29.3 Å². The Hall–Kier alpha value is -3.33. The minimum Gasteiger partial charge on any atom is -0.778 e. The van der Waals surface area contributed by atoms with Crippen LogP contribution in [-0.4, -0.2) is 132 Å². The molecular weight excluding hydrogens is 821 g/mol. The Labute approximate surface area is 369 Å². The van der Waals surface area contributed by atoms with Crippen LogP contribution in [0.2, 0.25) is 0 Å². The third-order valence-electron chi connectivity index (χ3n) is 11.3. The molecule has 16 nitrogen and oxygen atoms in total. The highest BCUT2D eigenvalue weighted by atomic mass is 31.2. The van der Waals surface area contributed by atoms with Crippen LogP contribution in [0.15, 0.2) is 0 Å². The van der Waals surface area contributed by atoms with Crippen LogP contribution in [0.1, 0.15) is 111 Å². The van der Waals surface area contributed by atoms with E-state index in [0.717, 1.165) is 0 Å². The van der Waals surface area contributed by atoms with Gasteiger partial charge in [0.1, 0.15) is 33.2 Å². The summed E-state index contributed by atoms with van der Waals surface area (Å²) >= 11 is 0. The highest BCUT2D eigenvalue weighted by molar-refractivity contribution is 7.53. The molecule has 3 aliphatic carbocycles. The maximum atomic E-state index is 14.6. The normalized spacial score (nSPS) is 19.4. The van der Waals surface area contributed by atoms with E-state index in [1.54, 1.807) is 20.8 Å². The first-order chi connectivity index (χ1) is 29.6. The Morgan fingerprint density at radius 1 is 0.613 bits per heavy atom. The zero-order valence-electron chi connectivity index (χ0n) is 37.3. The molecule has 0 spiro atoms. The van der Waals surface area contributed by atoms with Gasteiger partial charge in [0, 0.05) is 61.5 Å². The molecule has 0 aromatic carbocycles. The van der Waals surface area contributed by atoms with Gasteiger partial charge in [-0.05, 0) is 64.2 Å². The van der Waals surface area contributed by atoms with Crippen molar-refractivity contribution in [1.29, 1.82) is 0 Å². The molecule has 1 unspecified atom stereocenters. The number of hydrogen-bond acceptors (Lipinski definition) is 13. The molecule has 0 radical (unpaired) electrons. The fourth-order valence-electron chi connectivity index (χ4n) is 7.29. The zero-order chi connectivity index (χ0) is 45.8. The molecule has 62 heavy (non-hydrogen) atoms. The number of fused-ring (bicyclic) bond motifs is 3. The minimum absolute atomic E-state index is 0.00207. The molecule has 3 amide bonds. The van der Waals surface area contributed by atoms with Crippen LogP contribution in [0.3, 0.4) is 0 Å². The van der Waals surface area contributed by atoms with Crippen LogP contribution in [0.25, 0.3) is 0 Å². The second-order valence-electron chi connectivity index (χ2n) is 16.9. The number of terminal acetylenes is 3. The molecule has 0 aromatic rings. The summed E-state index contributed by atoms with van der Waals surface area (Å²) in [6.45, 7) is 8.66. The predicted molar refractivity (Wildman–Crippen MR) is 232 cm³/mol. The quantitative estimate of drug-likeness (QED) is 0.0475. The van der Waals surface area contributed by atoms with E-state index in [9.17, 15) is 28.6 Å². The summed E-state index contributed by atoms with van der Waals surface area (Å²) in [4.78, 5) is 67.6. The van der Waals surface area contributed by atoms with Gasteiger partial charge in [-0.15, -0.1) is 19.3 Å². The molecule has 2 bridgehead atoms. The van der Waals surface area contributed by atoms with E-state index in [1.807, 2.05) is 0 Å². The lowest BCUT2D eigenvalue weighted by Gasteiger charge is -2.55. The number of amides is 3. The average molecular weight is 893 g/mol. The first-order valence-electron chi connectivity index (χ1n) is 21.7. The molecule has 3 aliphatic rings. The number of rotatable bonds is 35. The molecular formula is C45H71N3O13P-. The van der Waals surface area contributed by atoms with Crippen molar-refractivity contribution in [3.63, 3.8) is 0 Å². The van der Waals surface area contributed by atoms with E-state index in [1.165, 1.54) is 0 Å². The van der Waals surface area contributed by atoms with Crippen molar-refractivity contribution < 1.29 is 61.6 Å². The van der Waals surface area contributed by atoms with Crippen molar-refractivity contribution in [3.8, 4) is 37.0 Å². The molecule has 0 heterocycles. The number of nitrogens with one attached hydrogen (secondary N) is 3. The van der Waals surface area contributed by atoms with Gasteiger partial charge in [-0.25, -0.2) is 0 Å². The second-order valence-corrected chi connectivity index (χ2v) is 19.4. The Kier molecular flexibility index (Phi) is 25.8. The molecule has 3 saturated carbocycles. The van der Waals surface area contributed by atoms with Gasteiger partial charge in [0.2, 0.25) is 17.7 Å². The Morgan fingerprint density at radius 2 is 1.03 bits per heavy atom. The topological polar surface area (TPSA) is 209 Å². The lowest BCUT2D eigenvalue weighted by molar-refractivity contribution is -0.223. The van der Waals surface area contributed by atoms with Gasteiger partial charge in [-0.2, -0.15) is 0 Å². The van der Waals surface area contributed by atoms with Crippen molar-refractivity contribution in [2.75, 3.05) is 92.4 Å². The van der Waals surface area contributed by atoms with Crippen molar-refractivity contribution in [1.82, 2.24) is 16.0 Å². The maximum absolute atomic E-state index is 14.6. The molecule has 1 atom stereocenters. The van der Waals surface area contributed by atoms with Crippen LogP contribution in [0.4, 0.5) is 0 Å². The third kappa shape index (κ3) is 20.9. The summed E-state index contributed by atoms with van der Waals surface area (Å²) in [7, 11) is -4.21. The van der Waals surface area contributed by atoms with Crippen molar-refractivity contribution >= 4 is 31.1 Å². The fraction of sp³-hybridized carbons (Fsp3) is 0.778. The second kappa shape index (κ2) is 29.2. The van der Waals surface area contributed by atoms with Gasteiger partial charge in [0.15, 0.2) is 0 Å². The molecule has 3 fully saturated rings. The van der Waals surface area contributed by atoms with Crippen molar-refractivity contribution in [3.05, 3.63) is 0 Å². The number of carbonyl (C=O) groups excluding carboxylic acids is 4. The third-order valence-corrected chi connectivity index (χ3v) is 13.5. The van der Waals surface area contributed by atoms with Crippen LogP contribution < -0.4 is 20.8 Å². The Balaban J connectivity index is 2.22. The zero-order valence-corrected chi connectivity index (χ0v) is 38.2. The molecule has 17 heteroatoms. The van der Waals surface area contributed by atoms with Gasteiger partial charge in [0.25, 0.3) is 0 Å². The molecule has 3 rings (SSSR count). The first kappa shape index (κ1) is 54.8. The minimum atomic E-state index is -4.21. The van der Waals surface area contributed by atoms with Crippen LogP contribution in [0, 0.1) is 42.4 Å². The summed E-state index contributed by atoms with van der Waals surface area (Å²) in [5.41, 5.74) is -2.78. The van der Waals surface area contributed by atoms with Crippen LogP contribution in [0.5, 0.6) is 0 Å². The van der Waals surface area contributed by atoms with Crippen molar-refractivity contribution in [2.45, 2.75) is 127 Å².